The second-order valence-electron chi connectivity index (χ2n) is 7.01. The molecule has 0 amide bonds. The minimum atomic E-state index is -0.734. The van der Waals surface area contributed by atoms with Crippen LogP contribution in [0.25, 0.3) is 0 Å². The molecule has 0 saturated heterocycles. The number of hydrogen-bond donors (Lipinski definition) is 0. The molecule has 0 fully saturated rings. The number of fused-ring (bicyclic) bond motifs is 4. The van der Waals surface area contributed by atoms with Gasteiger partial charge in [0.15, 0.2) is 17.2 Å². The number of esters is 1. The lowest BCUT2D eigenvalue weighted by Gasteiger charge is -2.47. The first-order valence-corrected chi connectivity index (χ1v) is 9.92. The molecular formula is C20H21BrN2O3. The summed E-state index contributed by atoms with van der Waals surface area (Å²) < 4.78 is 11.9. The molecule has 2 unspecified atom stereocenters. The van der Waals surface area contributed by atoms with Crippen molar-refractivity contribution < 1.29 is 14.3 Å². The average Bonchev–Trinajstić information content (AvgIpc) is 2.68. The predicted molar refractivity (Wildman–Crippen MR) is 103 cm³/mol. The van der Waals surface area contributed by atoms with E-state index < -0.39 is 11.7 Å². The summed E-state index contributed by atoms with van der Waals surface area (Å²) in [4.78, 5) is 19.5. The summed E-state index contributed by atoms with van der Waals surface area (Å²) in [6, 6.07) is 12.0. The van der Waals surface area contributed by atoms with Crippen LogP contribution in [0.3, 0.4) is 0 Å². The number of anilines is 1. The van der Waals surface area contributed by atoms with E-state index in [4.69, 9.17) is 9.47 Å². The van der Waals surface area contributed by atoms with Crippen molar-refractivity contribution in [3.8, 4) is 5.75 Å². The van der Waals surface area contributed by atoms with Gasteiger partial charge in [-0.1, -0.05) is 41.1 Å². The smallest absolute Gasteiger partial charge is 0.362 e. The van der Waals surface area contributed by atoms with Crippen LogP contribution in [-0.2, 0) is 10.1 Å². The molecule has 2 aromatic rings. The molecule has 0 spiro atoms. The van der Waals surface area contributed by atoms with E-state index in [1.165, 1.54) is 5.56 Å². The van der Waals surface area contributed by atoms with E-state index >= 15 is 0 Å². The Morgan fingerprint density at radius 1 is 1.31 bits per heavy atom. The van der Waals surface area contributed by atoms with Crippen molar-refractivity contribution in [1.29, 1.82) is 0 Å². The molecule has 5 nitrogen and oxygen atoms in total. The molecule has 2 aliphatic heterocycles. The molecule has 6 heteroatoms. The predicted octanol–water partition coefficient (Wildman–Crippen LogP) is 4.26. The number of ether oxygens (including phenoxy) is 2. The number of carbonyl (C=O) groups excluding carboxylic acids is 1. The summed E-state index contributed by atoms with van der Waals surface area (Å²) in [7, 11) is 0. The standard InChI is InChI=1S/C20H21BrN2O3/c1-13-11-20(2)23(16-6-4-3-5-15(13)16)9-10-25-17-8-7-14(12-21)22-18(17)19(24)26-20/h3-8,13H,9-12H2,1-2H3. The Morgan fingerprint density at radius 3 is 2.92 bits per heavy atom. The van der Waals surface area contributed by atoms with E-state index in [2.05, 4.69) is 50.9 Å². The highest BCUT2D eigenvalue weighted by Crippen LogP contribution is 2.44. The zero-order valence-corrected chi connectivity index (χ0v) is 16.5. The molecule has 2 atom stereocenters. The maximum Gasteiger partial charge on any atom is 0.362 e. The van der Waals surface area contributed by atoms with Crippen LogP contribution >= 0.6 is 15.9 Å². The topological polar surface area (TPSA) is 51.7 Å². The lowest BCUT2D eigenvalue weighted by Crippen LogP contribution is -2.54. The average molecular weight is 417 g/mol. The van der Waals surface area contributed by atoms with Gasteiger partial charge < -0.3 is 14.4 Å². The van der Waals surface area contributed by atoms with Gasteiger partial charge in [0.2, 0.25) is 0 Å². The number of alkyl halides is 1. The number of halogens is 1. The van der Waals surface area contributed by atoms with E-state index in [0.29, 0.717) is 30.1 Å². The molecule has 1 aromatic carbocycles. The van der Waals surface area contributed by atoms with Crippen LogP contribution in [0.5, 0.6) is 5.75 Å². The van der Waals surface area contributed by atoms with Gasteiger partial charge in [-0.2, -0.15) is 0 Å². The number of benzene rings is 1. The summed E-state index contributed by atoms with van der Waals surface area (Å²) >= 11 is 3.38. The van der Waals surface area contributed by atoms with Gasteiger partial charge in [-0.15, -0.1) is 0 Å². The van der Waals surface area contributed by atoms with Crippen LogP contribution < -0.4 is 9.64 Å². The Balaban J connectivity index is 1.77. The molecule has 3 heterocycles. The summed E-state index contributed by atoms with van der Waals surface area (Å²) in [5, 5.41) is 0.571. The van der Waals surface area contributed by atoms with Gasteiger partial charge in [-0.3, -0.25) is 0 Å². The Kier molecular flexibility index (Phi) is 4.39. The van der Waals surface area contributed by atoms with E-state index in [1.807, 2.05) is 19.1 Å². The van der Waals surface area contributed by atoms with Gasteiger partial charge in [-0.25, -0.2) is 9.78 Å². The number of aromatic nitrogens is 1. The third-order valence-corrected chi connectivity index (χ3v) is 5.72. The van der Waals surface area contributed by atoms with E-state index in [1.54, 1.807) is 6.07 Å². The van der Waals surface area contributed by atoms with Crippen molar-refractivity contribution in [2.24, 2.45) is 0 Å². The van der Waals surface area contributed by atoms with Crippen LogP contribution in [0, 0.1) is 0 Å². The SMILES string of the molecule is CC1CC2(C)OC(=O)c3nc(CBr)ccc3OCCN2c2ccccc21. The third-order valence-electron chi connectivity index (χ3n) is 5.15. The third kappa shape index (κ3) is 2.86. The molecule has 1 aromatic heterocycles. The Bertz CT molecular complexity index is 857. The van der Waals surface area contributed by atoms with Gasteiger partial charge in [0.25, 0.3) is 0 Å². The first kappa shape index (κ1) is 17.3. The van der Waals surface area contributed by atoms with Crippen LogP contribution in [0.2, 0.25) is 0 Å². The number of hydrogen-bond acceptors (Lipinski definition) is 5. The lowest BCUT2D eigenvalue weighted by atomic mass is 9.85. The summed E-state index contributed by atoms with van der Waals surface area (Å²) in [6.07, 6.45) is 0.725. The molecule has 136 valence electrons. The Hall–Kier alpha value is -2.08. The van der Waals surface area contributed by atoms with Gasteiger partial charge in [-0.05, 0) is 36.6 Å². The molecule has 0 saturated carbocycles. The van der Waals surface area contributed by atoms with Crippen LogP contribution in [0.4, 0.5) is 5.69 Å². The fraction of sp³-hybridized carbons (Fsp3) is 0.400. The quantitative estimate of drug-likeness (QED) is 0.513. The molecule has 0 aliphatic carbocycles. The molecule has 0 radical (unpaired) electrons. The highest BCUT2D eigenvalue weighted by Gasteiger charge is 2.44. The molecule has 2 aliphatic rings. The van der Waals surface area contributed by atoms with Gasteiger partial charge in [0.05, 0.1) is 12.2 Å². The highest BCUT2D eigenvalue weighted by molar-refractivity contribution is 9.08. The Labute approximate surface area is 161 Å². The van der Waals surface area contributed by atoms with E-state index in [-0.39, 0.29) is 5.69 Å². The molecule has 4 rings (SSSR count). The lowest BCUT2D eigenvalue weighted by molar-refractivity contribution is -0.0205. The van der Waals surface area contributed by atoms with Crippen molar-refractivity contribution in [3.05, 3.63) is 53.3 Å². The number of nitrogens with zero attached hydrogens (tertiary/aromatic N) is 2. The van der Waals surface area contributed by atoms with Crippen LogP contribution in [-0.4, -0.2) is 29.8 Å². The second kappa shape index (κ2) is 6.58. The minimum absolute atomic E-state index is 0.247. The highest BCUT2D eigenvalue weighted by atomic mass is 79.9. The summed E-state index contributed by atoms with van der Waals surface area (Å²) in [6.45, 7) is 5.24. The van der Waals surface area contributed by atoms with E-state index in [0.717, 1.165) is 17.8 Å². The normalized spacial score (nSPS) is 24.8. The van der Waals surface area contributed by atoms with Gasteiger partial charge in [0, 0.05) is 17.4 Å². The monoisotopic (exact) mass is 416 g/mol. The number of pyridine rings is 1. The molecular weight excluding hydrogens is 396 g/mol. The van der Waals surface area contributed by atoms with E-state index in [9.17, 15) is 4.79 Å². The summed E-state index contributed by atoms with van der Waals surface area (Å²) in [5.74, 6) is 0.330. The van der Waals surface area contributed by atoms with Crippen molar-refractivity contribution in [2.45, 2.75) is 37.2 Å². The maximum atomic E-state index is 13.0. The number of carbonyl (C=O) groups is 1. The number of rotatable bonds is 1. The zero-order chi connectivity index (χ0) is 18.3. The first-order chi connectivity index (χ1) is 12.5. The molecule has 0 bridgehead atoms. The Morgan fingerprint density at radius 2 is 2.12 bits per heavy atom. The maximum absolute atomic E-state index is 13.0. The zero-order valence-electron chi connectivity index (χ0n) is 14.9. The molecule has 0 N–H and O–H groups in total. The molecule has 26 heavy (non-hydrogen) atoms. The van der Waals surface area contributed by atoms with Gasteiger partial charge >= 0.3 is 5.97 Å². The number of para-hydroxylation sites is 1. The minimum Gasteiger partial charge on any atom is -0.489 e. The van der Waals surface area contributed by atoms with Crippen molar-refractivity contribution in [3.63, 3.8) is 0 Å². The summed E-state index contributed by atoms with van der Waals surface area (Å²) in [5.41, 5.74) is 2.66. The van der Waals surface area contributed by atoms with Crippen molar-refractivity contribution >= 4 is 27.6 Å². The van der Waals surface area contributed by atoms with Crippen molar-refractivity contribution in [2.75, 3.05) is 18.1 Å². The van der Waals surface area contributed by atoms with Crippen molar-refractivity contribution in [1.82, 2.24) is 4.98 Å². The first-order valence-electron chi connectivity index (χ1n) is 8.80. The van der Waals surface area contributed by atoms with Crippen LogP contribution in [0.15, 0.2) is 36.4 Å². The van der Waals surface area contributed by atoms with Gasteiger partial charge in [0.1, 0.15) is 6.61 Å². The fourth-order valence-electron chi connectivity index (χ4n) is 3.97. The second-order valence-corrected chi connectivity index (χ2v) is 7.57. The van der Waals surface area contributed by atoms with Crippen LogP contribution in [0.1, 0.15) is 47.9 Å². The fourth-order valence-corrected chi connectivity index (χ4v) is 4.28. The largest absolute Gasteiger partial charge is 0.489 e.